The van der Waals surface area contributed by atoms with Crippen LogP contribution in [0.5, 0.6) is 5.75 Å². The van der Waals surface area contributed by atoms with E-state index >= 15 is 0 Å². The van der Waals surface area contributed by atoms with E-state index < -0.39 is 5.60 Å². The van der Waals surface area contributed by atoms with Crippen LogP contribution >= 0.6 is 0 Å². The minimum absolute atomic E-state index is 0.0578. The molecule has 1 aliphatic carbocycles. The highest BCUT2D eigenvalue weighted by Crippen LogP contribution is 2.34. The fourth-order valence-corrected chi connectivity index (χ4v) is 13.1. The molecule has 20 nitrogen and oxygen atoms in total. The van der Waals surface area contributed by atoms with Crippen molar-refractivity contribution >= 4 is 84.4 Å². The Morgan fingerprint density at radius 1 is 0.342 bits per heavy atom. The highest BCUT2D eigenvalue weighted by molar-refractivity contribution is 5.98. The van der Waals surface area contributed by atoms with Crippen LogP contribution in [0.2, 0.25) is 0 Å². The number of rotatable bonds is 19. The van der Waals surface area contributed by atoms with E-state index in [1.807, 2.05) is 326 Å². The number of carbonyl (C=O) groups excluding carboxylic acids is 5. The Balaban J connectivity index is 0.000000124. The Morgan fingerprint density at radius 2 is 0.605 bits per heavy atom. The number of hydrogen-bond acceptors (Lipinski definition) is 15. The third-order valence-corrected chi connectivity index (χ3v) is 18.3. The monoisotopic (exact) mass is 1520 g/mol. The fourth-order valence-electron chi connectivity index (χ4n) is 13.1. The van der Waals surface area contributed by atoms with Gasteiger partial charge in [0.1, 0.15) is 78.6 Å². The third kappa shape index (κ3) is 20.0. The van der Waals surface area contributed by atoms with Gasteiger partial charge in [0, 0.05) is 54.7 Å². The molecule has 574 valence electrons. The van der Waals surface area contributed by atoms with Crippen molar-refractivity contribution in [1.82, 2.24) is 48.9 Å². The molecule has 16 aromatic rings. The predicted molar refractivity (Wildman–Crippen MR) is 445 cm³/mol. The lowest BCUT2D eigenvalue weighted by Crippen LogP contribution is -2.27. The molecule has 1 saturated carbocycles. The number of aromatic nitrogens is 10. The van der Waals surface area contributed by atoms with Crippen LogP contribution in [0.25, 0.3) is 111 Å². The Morgan fingerprint density at radius 3 is 0.886 bits per heavy atom. The van der Waals surface area contributed by atoms with E-state index in [9.17, 15) is 24.0 Å². The summed E-state index contributed by atoms with van der Waals surface area (Å²) in [6.07, 6.45) is 3.11. The van der Waals surface area contributed by atoms with Crippen LogP contribution < -0.4 is 4.74 Å². The Kier molecular flexibility index (Phi) is 25.5. The van der Waals surface area contributed by atoms with Crippen LogP contribution in [-0.4, -0.2) is 103 Å². The summed E-state index contributed by atoms with van der Waals surface area (Å²) >= 11 is 0. The van der Waals surface area contributed by atoms with Crippen molar-refractivity contribution in [2.75, 3.05) is 6.61 Å². The molecule has 0 radical (unpaired) electrons. The van der Waals surface area contributed by atoms with Gasteiger partial charge in [0.05, 0.1) is 40.3 Å². The van der Waals surface area contributed by atoms with Crippen molar-refractivity contribution in [2.45, 2.75) is 111 Å². The molecule has 0 saturated heterocycles. The number of hydrogen-bond donors (Lipinski definition) is 0. The molecular weight excluding hydrogens is 1430 g/mol. The first kappa shape index (κ1) is 78.2. The fraction of sp³-hybridized carbons (Fsp3) is 0.191. The molecule has 5 heterocycles. The lowest BCUT2D eigenvalue weighted by Gasteiger charge is -2.25. The van der Waals surface area contributed by atoms with Gasteiger partial charge in [0.25, 0.3) is 0 Å². The molecule has 11 aromatic carbocycles. The number of fused-ring (bicyclic) bond motifs is 5. The zero-order valence-corrected chi connectivity index (χ0v) is 64.4. The van der Waals surface area contributed by atoms with E-state index in [0.717, 1.165) is 130 Å². The molecule has 1 aliphatic rings. The molecule has 0 amide bonds. The van der Waals surface area contributed by atoms with Crippen molar-refractivity contribution in [3.05, 3.63) is 303 Å². The van der Waals surface area contributed by atoms with E-state index in [2.05, 4.69) is 25.5 Å². The number of benzene rings is 11. The number of para-hydroxylation sites is 6. The second kappa shape index (κ2) is 37.2. The standard InChI is InChI=1S/C21H16N2O2.C19H18N2O2.C19H20N2O2.C18H18N2O2.C17H16N2O2/c24-20(25-17-11-5-2-6-12-17)15-23-19-14-8-7-13-18(19)21(22-23)16-9-3-1-4-10-16;22-18(23-15-9-6-10-15)13-21-17-12-5-4-11-16(17)19(20-21)14-7-2-1-3-8-14;1-19(2,3)23-17(22)13-21-16-12-8-7-11-15(16)18(20-21)14-9-5-4-6-10-14;1-13(2)22-17(21)12-20-16-11-7-6-10-15(16)18(19-20)14-8-4-3-5-9-14;1-2-21-16(20)12-19-15-11-7-6-10-14(15)17(18-19)13-8-4-3-5-9-13/h1-14H,15H2;1-5,7-8,11-12,15H,6,9-10,13H2;4-12H,13H2,1-3H3;3-11,13H,12H2,1-2H3;3-11H,2,12H2,1H3. The minimum atomic E-state index is -0.498. The molecule has 0 atom stereocenters. The maximum absolute atomic E-state index is 12.3. The van der Waals surface area contributed by atoms with Crippen LogP contribution in [-0.2, 0) is 75.6 Å². The van der Waals surface area contributed by atoms with Crippen LogP contribution in [0, 0.1) is 0 Å². The lowest BCUT2D eigenvalue weighted by atomic mass is 9.96. The molecule has 17 rings (SSSR count). The highest BCUT2D eigenvalue weighted by Gasteiger charge is 2.25. The van der Waals surface area contributed by atoms with Gasteiger partial charge in [-0.2, -0.15) is 25.5 Å². The average molecular weight is 1520 g/mol. The van der Waals surface area contributed by atoms with E-state index in [1.54, 1.807) is 42.5 Å². The normalized spacial score (nSPS) is 11.7. The summed E-state index contributed by atoms with van der Waals surface area (Å²) in [4.78, 5) is 60.2. The van der Waals surface area contributed by atoms with Gasteiger partial charge in [-0.15, -0.1) is 0 Å². The lowest BCUT2D eigenvalue weighted by molar-refractivity contribution is -0.156. The van der Waals surface area contributed by atoms with Crippen LogP contribution in [0.1, 0.15) is 60.8 Å². The van der Waals surface area contributed by atoms with Crippen molar-refractivity contribution in [2.24, 2.45) is 0 Å². The van der Waals surface area contributed by atoms with E-state index in [4.69, 9.17) is 23.7 Å². The zero-order chi connectivity index (χ0) is 79.3. The van der Waals surface area contributed by atoms with E-state index in [0.29, 0.717) is 12.4 Å². The number of nitrogens with zero attached hydrogens (tertiary/aromatic N) is 10. The van der Waals surface area contributed by atoms with Crippen molar-refractivity contribution < 1.29 is 47.7 Å². The van der Waals surface area contributed by atoms with Crippen molar-refractivity contribution in [3.63, 3.8) is 0 Å². The van der Waals surface area contributed by atoms with Gasteiger partial charge < -0.3 is 23.7 Å². The average Bonchev–Trinajstić information content (AvgIpc) is 1.67. The molecular formula is C94H88N10O10. The van der Waals surface area contributed by atoms with Crippen LogP contribution in [0.4, 0.5) is 0 Å². The van der Waals surface area contributed by atoms with Gasteiger partial charge in [0.15, 0.2) is 0 Å². The summed E-state index contributed by atoms with van der Waals surface area (Å²) in [6, 6.07) is 98.6. The maximum Gasteiger partial charge on any atom is 0.333 e. The summed E-state index contributed by atoms with van der Waals surface area (Å²) in [5, 5.41) is 28.4. The Bertz CT molecular complexity index is 5910. The summed E-state index contributed by atoms with van der Waals surface area (Å²) in [6.45, 7) is 12.0. The smallest absolute Gasteiger partial charge is 0.333 e. The molecule has 0 aliphatic heterocycles. The second-order valence-corrected chi connectivity index (χ2v) is 28.2. The summed E-state index contributed by atoms with van der Waals surface area (Å²) in [5.74, 6) is -0.854. The molecule has 1 fully saturated rings. The molecule has 20 heteroatoms. The van der Waals surface area contributed by atoms with Gasteiger partial charge in [-0.25, -0.2) is 4.79 Å². The van der Waals surface area contributed by atoms with Gasteiger partial charge in [0.2, 0.25) is 0 Å². The number of esters is 5. The second-order valence-electron chi connectivity index (χ2n) is 28.2. The Hall–Kier alpha value is -13.9. The molecule has 114 heavy (non-hydrogen) atoms. The van der Waals surface area contributed by atoms with Gasteiger partial charge in [-0.1, -0.05) is 261 Å². The molecule has 0 spiro atoms. The number of carbonyl (C=O) groups is 5. The van der Waals surface area contributed by atoms with Crippen LogP contribution in [0.15, 0.2) is 303 Å². The first-order chi connectivity index (χ1) is 55.5. The van der Waals surface area contributed by atoms with Crippen molar-refractivity contribution in [1.29, 1.82) is 0 Å². The predicted octanol–water partition coefficient (Wildman–Crippen LogP) is 19.1. The first-order valence-corrected chi connectivity index (χ1v) is 38.1. The van der Waals surface area contributed by atoms with Crippen LogP contribution in [0.3, 0.4) is 0 Å². The van der Waals surface area contributed by atoms with E-state index in [1.165, 1.54) is 0 Å². The third-order valence-electron chi connectivity index (χ3n) is 18.3. The summed E-state index contributed by atoms with van der Waals surface area (Å²) in [5.41, 5.74) is 13.8. The zero-order valence-electron chi connectivity index (χ0n) is 64.4. The number of ether oxygens (including phenoxy) is 5. The summed E-state index contributed by atoms with van der Waals surface area (Å²) < 4.78 is 35.0. The molecule has 0 bridgehead atoms. The van der Waals surface area contributed by atoms with E-state index in [-0.39, 0.29) is 74.8 Å². The quantitative estimate of drug-likeness (QED) is 0.0417. The Labute approximate surface area is 660 Å². The van der Waals surface area contributed by atoms with Crippen molar-refractivity contribution in [3.8, 4) is 62.0 Å². The molecule has 0 N–H and O–H groups in total. The molecule has 0 unspecified atom stereocenters. The maximum atomic E-state index is 12.3. The minimum Gasteiger partial charge on any atom is -0.465 e. The SMILES string of the molecule is CC(C)(C)OC(=O)Cn1nc(-c2ccccc2)c2ccccc21.CC(C)OC(=O)Cn1nc(-c2ccccc2)c2ccccc21.CCOC(=O)Cn1nc(-c2ccccc2)c2ccccc21.O=C(Cn1nc(-c2ccccc2)c2ccccc21)OC1CCC1.O=C(Cn1nc(-c2ccccc2)c2ccccc21)Oc1ccccc1. The van der Waals surface area contributed by atoms with Gasteiger partial charge in [-0.05, 0) is 103 Å². The topological polar surface area (TPSA) is 221 Å². The van der Waals surface area contributed by atoms with Gasteiger partial charge in [-0.3, -0.25) is 42.6 Å². The largest absolute Gasteiger partial charge is 0.465 e. The molecule has 5 aromatic heterocycles. The highest BCUT2D eigenvalue weighted by atomic mass is 16.6. The summed E-state index contributed by atoms with van der Waals surface area (Å²) in [7, 11) is 0. The van der Waals surface area contributed by atoms with Gasteiger partial charge >= 0.3 is 29.8 Å². The first-order valence-electron chi connectivity index (χ1n) is 38.1.